The highest BCUT2D eigenvalue weighted by atomic mass is 32.2. The number of carbonyl (C=O) groups is 2. The van der Waals surface area contributed by atoms with Crippen LogP contribution < -0.4 is 10.2 Å². The van der Waals surface area contributed by atoms with Crippen molar-refractivity contribution < 1.29 is 28.0 Å². The largest absolute Gasteiger partial charge is 0.481 e. The van der Waals surface area contributed by atoms with Crippen LogP contribution in [0.1, 0.15) is 30.1 Å². The Labute approximate surface area is 193 Å². The summed E-state index contributed by atoms with van der Waals surface area (Å²) in [4.78, 5) is 26.9. The van der Waals surface area contributed by atoms with Crippen LogP contribution in [0.2, 0.25) is 0 Å². The molecule has 0 radical (unpaired) electrons. The SMILES string of the molecule is CC#CCOc1ccc(S(=O)(=O)CC2(C(=O)NO)CCN(C(=O)c3ccccc3)CC2)cc1. The molecule has 2 N–H and O–H groups in total. The monoisotopic (exact) mass is 470 g/mol. The van der Waals surface area contributed by atoms with Crippen molar-refractivity contribution in [3.8, 4) is 17.6 Å². The van der Waals surface area contributed by atoms with Crippen molar-refractivity contribution >= 4 is 21.7 Å². The molecule has 8 nitrogen and oxygen atoms in total. The van der Waals surface area contributed by atoms with Crippen molar-refractivity contribution in [1.82, 2.24) is 10.4 Å². The first-order chi connectivity index (χ1) is 15.8. The number of rotatable bonds is 7. The maximum atomic E-state index is 13.1. The molecule has 174 valence electrons. The molecule has 2 aromatic rings. The number of hydroxylamine groups is 1. The average molecular weight is 471 g/mol. The summed E-state index contributed by atoms with van der Waals surface area (Å²) in [5.41, 5.74) is 0.794. The lowest BCUT2D eigenvalue weighted by molar-refractivity contribution is -0.141. The summed E-state index contributed by atoms with van der Waals surface area (Å²) in [6.07, 6.45) is 0.210. The van der Waals surface area contributed by atoms with Gasteiger partial charge < -0.3 is 9.64 Å². The third kappa shape index (κ3) is 5.72. The second-order valence-electron chi connectivity index (χ2n) is 7.83. The Morgan fingerprint density at radius 1 is 1.09 bits per heavy atom. The Balaban J connectivity index is 1.74. The summed E-state index contributed by atoms with van der Waals surface area (Å²) in [6, 6.07) is 14.7. The molecule has 0 aromatic heterocycles. The number of nitrogens with zero attached hydrogens (tertiary/aromatic N) is 1. The van der Waals surface area contributed by atoms with E-state index >= 15 is 0 Å². The summed E-state index contributed by atoms with van der Waals surface area (Å²) in [7, 11) is -3.86. The number of carbonyl (C=O) groups excluding carboxylic acids is 2. The number of benzene rings is 2. The molecule has 2 aromatic carbocycles. The molecule has 33 heavy (non-hydrogen) atoms. The summed E-state index contributed by atoms with van der Waals surface area (Å²) >= 11 is 0. The fraction of sp³-hybridized carbons (Fsp3) is 0.333. The van der Waals surface area contributed by atoms with Gasteiger partial charge in [0, 0.05) is 18.7 Å². The summed E-state index contributed by atoms with van der Waals surface area (Å²) in [5, 5.41) is 9.31. The van der Waals surface area contributed by atoms with Gasteiger partial charge in [0.25, 0.3) is 11.8 Å². The van der Waals surface area contributed by atoms with Crippen LogP contribution in [0, 0.1) is 17.3 Å². The third-order valence-corrected chi connectivity index (χ3v) is 7.67. The summed E-state index contributed by atoms with van der Waals surface area (Å²) in [6.45, 7) is 2.28. The van der Waals surface area contributed by atoms with E-state index in [0.29, 0.717) is 11.3 Å². The molecule has 0 saturated carbocycles. The Hall–Kier alpha value is -3.35. The summed E-state index contributed by atoms with van der Waals surface area (Å²) < 4.78 is 31.7. The number of likely N-dealkylation sites (tertiary alicyclic amines) is 1. The molecule has 0 bridgehead atoms. The number of sulfone groups is 1. The molecule has 1 heterocycles. The topological polar surface area (TPSA) is 113 Å². The van der Waals surface area contributed by atoms with Gasteiger partial charge in [0.05, 0.1) is 16.1 Å². The van der Waals surface area contributed by atoms with Crippen molar-refractivity contribution in [2.45, 2.75) is 24.7 Å². The molecule has 0 aliphatic carbocycles. The maximum absolute atomic E-state index is 13.1. The highest BCUT2D eigenvalue weighted by Gasteiger charge is 2.46. The molecule has 1 fully saturated rings. The van der Waals surface area contributed by atoms with Crippen molar-refractivity contribution in [3.05, 3.63) is 60.2 Å². The van der Waals surface area contributed by atoms with Gasteiger partial charge in [-0.05, 0) is 56.2 Å². The fourth-order valence-electron chi connectivity index (χ4n) is 3.84. The molecule has 0 spiro atoms. The van der Waals surface area contributed by atoms with Crippen LogP contribution >= 0.6 is 0 Å². The zero-order chi connectivity index (χ0) is 23.9. The third-order valence-electron chi connectivity index (χ3n) is 5.75. The number of hydrogen-bond donors (Lipinski definition) is 2. The standard InChI is InChI=1S/C24H26N2O6S/c1-2-3-17-32-20-9-11-21(12-10-20)33(30,31)18-24(23(28)25-29)13-15-26(16-14-24)22(27)19-7-5-4-6-8-19/h4-12,29H,13-18H2,1H3,(H,25,28). The lowest BCUT2D eigenvalue weighted by atomic mass is 9.79. The van der Waals surface area contributed by atoms with Gasteiger partial charge >= 0.3 is 0 Å². The van der Waals surface area contributed by atoms with Gasteiger partial charge in [-0.3, -0.25) is 14.8 Å². The molecule has 3 rings (SSSR count). The smallest absolute Gasteiger partial charge is 0.253 e. The number of ether oxygens (including phenoxy) is 1. The van der Waals surface area contributed by atoms with E-state index in [1.165, 1.54) is 24.3 Å². The highest BCUT2D eigenvalue weighted by Crippen LogP contribution is 2.36. The summed E-state index contributed by atoms with van der Waals surface area (Å²) in [5.74, 6) is 4.51. The van der Waals surface area contributed by atoms with Crippen LogP contribution in [0.3, 0.4) is 0 Å². The number of piperidine rings is 1. The van der Waals surface area contributed by atoms with E-state index in [-0.39, 0.29) is 43.3 Å². The number of amides is 2. The molecule has 1 aliphatic heterocycles. The molecule has 0 atom stereocenters. The number of hydrogen-bond acceptors (Lipinski definition) is 6. The second kappa shape index (κ2) is 10.5. The maximum Gasteiger partial charge on any atom is 0.253 e. The molecule has 2 amide bonds. The van der Waals surface area contributed by atoms with E-state index in [1.807, 2.05) is 6.07 Å². The van der Waals surface area contributed by atoms with Crippen LogP contribution in [-0.2, 0) is 14.6 Å². The average Bonchev–Trinajstić information content (AvgIpc) is 2.84. The predicted octanol–water partition coefficient (Wildman–Crippen LogP) is 2.29. The van der Waals surface area contributed by atoms with Crippen LogP contribution in [-0.4, -0.2) is 55.8 Å². The van der Waals surface area contributed by atoms with Gasteiger partial charge in [-0.1, -0.05) is 24.1 Å². The van der Waals surface area contributed by atoms with E-state index in [2.05, 4.69) is 11.8 Å². The molecular formula is C24H26N2O6S. The molecule has 1 aliphatic rings. The Morgan fingerprint density at radius 3 is 2.30 bits per heavy atom. The van der Waals surface area contributed by atoms with Crippen LogP contribution in [0.25, 0.3) is 0 Å². The highest BCUT2D eigenvalue weighted by molar-refractivity contribution is 7.91. The van der Waals surface area contributed by atoms with Crippen molar-refractivity contribution in [2.75, 3.05) is 25.4 Å². The minimum Gasteiger partial charge on any atom is -0.481 e. The van der Waals surface area contributed by atoms with Gasteiger partial charge in [-0.25, -0.2) is 13.9 Å². The first-order valence-corrected chi connectivity index (χ1v) is 12.1. The predicted molar refractivity (Wildman–Crippen MR) is 121 cm³/mol. The fourth-order valence-corrected chi connectivity index (χ4v) is 5.70. The van der Waals surface area contributed by atoms with Crippen molar-refractivity contribution in [2.24, 2.45) is 5.41 Å². The Bertz CT molecular complexity index is 1140. The normalized spacial score (nSPS) is 15.2. The zero-order valence-corrected chi connectivity index (χ0v) is 19.1. The zero-order valence-electron chi connectivity index (χ0n) is 18.3. The van der Waals surface area contributed by atoms with Crippen LogP contribution in [0.5, 0.6) is 5.75 Å². The van der Waals surface area contributed by atoms with Gasteiger partial charge in [-0.15, -0.1) is 5.92 Å². The first kappa shape index (κ1) is 24.3. The van der Waals surface area contributed by atoms with E-state index in [4.69, 9.17) is 4.74 Å². The Morgan fingerprint density at radius 2 is 1.73 bits per heavy atom. The number of nitrogens with one attached hydrogen (secondary N) is 1. The lowest BCUT2D eigenvalue weighted by Gasteiger charge is -2.39. The second-order valence-corrected chi connectivity index (χ2v) is 9.82. The van der Waals surface area contributed by atoms with Gasteiger partial charge in [0.15, 0.2) is 9.84 Å². The quantitative estimate of drug-likeness (QED) is 0.365. The van der Waals surface area contributed by atoms with Gasteiger partial charge in [0.2, 0.25) is 0 Å². The Kier molecular flexibility index (Phi) is 7.74. The molecule has 9 heteroatoms. The van der Waals surface area contributed by atoms with E-state index < -0.39 is 26.9 Å². The minimum atomic E-state index is -3.86. The van der Waals surface area contributed by atoms with E-state index in [1.54, 1.807) is 41.6 Å². The van der Waals surface area contributed by atoms with Crippen molar-refractivity contribution in [1.29, 1.82) is 0 Å². The van der Waals surface area contributed by atoms with E-state index in [0.717, 1.165) is 0 Å². The molecule has 0 unspecified atom stereocenters. The molecule has 1 saturated heterocycles. The van der Waals surface area contributed by atoms with E-state index in [9.17, 15) is 23.2 Å². The first-order valence-electron chi connectivity index (χ1n) is 10.5. The van der Waals surface area contributed by atoms with Gasteiger partial charge in [-0.2, -0.15) is 0 Å². The van der Waals surface area contributed by atoms with Crippen LogP contribution in [0.4, 0.5) is 0 Å². The van der Waals surface area contributed by atoms with Gasteiger partial charge in [0.1, 0.15) is 12.4 Å². The van der Waals surface area contributed by atoms with Crippen LogP contribution in [0.15, 0.2) is 59.5 Å². The lowest BCUT2D eigenvalue weighted by Crippen LogP contribution is -2.52. The van der Waals surface area contributed by atoms with Crippen molar-refractivity contribution in [3.63, 3.8) is 0 Å². The molecular weight excluding hydrogens is 444 g/mol. The minimum absolute atomic E-state index is 0.0457.